The van der Waals surface area contributed by atoms with Crippen molar-refractivity contribution in [2.24, 2.45) is 5.92 Å². The Kier molecular flexibility index (Phi) is 2.76. The van der Waals surface area contributed by atoms with Gasteiger partial charge in [-0.05, 0) is 38.7 Å². The van der Waals surface area contributed by atoms with Gasteiger partial charge in [0.15, 0.2) is 0 Å². The van der Waals surface area contributed by atoms with E-state index in [1.165, 1.54) is 24.0 Å². The molecule has 3 unspecified atom stereocenters. The summed E-state index contributed by atoms with van der Waals surface area (Å²) in [5.74, 6) is 0.552. The van der Waals surface area contributed by atoms with Gasteiger partial charge < -0.3 is 4.74 Å². The molecule has 0 aromatic rings. The van der Waals surface area contributed by atoms with E-state index in [0.29, 0.717) is 12.0 Å². The van der Waals surface area contributed by atoms with Gasteiger partial charge >= 0.3 is 0 Å². The summed E-state index contributed by atoms with van der Waals surface area (Å²) < 4.78 is 6.30. The average molecular weight is 206 g/mol. The van der Waals surface area contributed by atoms with Crippen molar-refractivity contribution in [3.63, 3.8) is 0 Å². The van der Waals surface area contributed by atoms with Crippen molar-refractivity contribution in [3.8, 4) is 0 Å². The minimum atomic E-state index is 0.105. The summed E-state index contributed by atoms with van der Waals surface area (Å²) >= 11 is 0. The Balaban J connectivity index is 2.21. The standard InChI is InChI=1S/C14H22O/c1-5-14(4)9-8-12-7-6-10(2)11(3)13(12)15-14/h6-7,11,13H,5,8-9H2,1-4H3. The fraction of sp³-hybridized carbons (Fsp3) is 0.714. The summed E-state index contributed by atoms with van der Waals surface area (Å²) in [6.45, 7) is 8.97. The Bertz CT molecular complexity index is 313. The highest BCUT2D eigenvalue weighted by Gasteiger charge is 2.37. The van der Waals surface area contributed by atoms with Crippen molar-refractivity contribution >= 4 is 0 Å². The van der Waals surface area contributed by atoms with Gasteiger partial charge in [-0.3, -0.25) is 0 Å². The fourth-order valence-electron chi connectivity index (χ4n) is 2.48. The second kappa shape index (κ2) is 3.79. The largest absolute Gasteiger partial charge is 0.367 e. The van der Waals surface area contributed by atoms with Crippen LogP contribution in [0.2, 0.25) is 0 Å². The Hall–Kier alpha value is -0.560. The first-order valence-corrected chi connectivity index (χ1v) is 6.11. The summed E-state index contributed by atoms with van der Waals surface area (Å²) in [5.41, 5.74) is 3.05. The monoisotopic (exact) mass is 206 g/mol. The van der Waals surface area contributed by atoms with Gasteiger partial charge in [0.2, 0.25) is 0 Å². The number of hydrogen-bond donors (Lipinski definition) is 0. The summed E-state index contributed by atoms with van der Waals surface area (Å²) in [6, 6.07) is 0. The number of fused-ring (bicyclic) bond motifs is 1. The predicted molar refractivity (Wildman–Crippen MR) is 63.8 cm³/mol. The van der Waals surface area contributed by atoms with Gasteiger partial charge in [0.05, 0.1) is 11.7 Å². The first-order valence-electron chi connectivity index (χ1n) is 6.11. The SMILES string of the molecule is CCC1(C)CCC2=CC=C(C)C(C)C2O1. The van der Waals surface area contributed by atoms with Gasteiger partial charge in [0, 0.05) is 5.92 Å². The molecule has 1 saturated heterocycles. The molecule has 1 fully saturated rings. The maximum Gasteiger partial charge on any atom is 0.0858 e. The molecule has 1 heteroatoms. The van der Waals surface area contributed by atoms with E-state index in [1.807, 2.05) is 0 Å². The van der Waals surface area contributed by atoms with Gasteiger partial charge in [-0.2, -0.15) is 0 Å². The normalized spacial score (nSPS) is 40.5. The van der Waals surface area contributed by atoms with Crippen LogP contribution in [-0.4, -0.2) is 11.7 Å². The highest BCUT2D eigenvalue weighted by molar-refractivity contribution is 5.30. The fourth-order valence-corrected chi connectivity index (χ4v) is 2.48. The smallest absolute Gasteiger partial charge is 0.0858 e. The number of ether oxygens (including phenoxy) is 1. The van der Waals surface area contributed by atoms with Gasteiger partial charge in [0.25, 0.3) is 0 Å². The Morgan fingerprint density at radius 2 is 2.20 bits per heavy atom. The predicted octanol–water partition coefficient (Wildman–Crippen LogP) is 3.86. The molecule has 0 aromatic heterocycles. The van der Waals surface area contributed by atoms with Crippen LogP contribution in [-0.2, 0) is 4.74 Å². The Morgan fingerprint density at radius 1 is 1.47 bits per heavy atom. The third-order valence-electron chi connectivity index (χ3n) is 4.20. The van der Waals surface area contributed by atoms with E-state index in [9.17, 15) is 0 Å². The molecule has 3 atom stereocenters. The summed E-state index contributed by atoms with van der Waals surface area (Å²) in [4.78, 5) is 0. The quantitative estimate of drug-likeness (QED) is 0.633. The minimum Gasteiger partial charge on any atom is -0.367 e. The van der Waals surface area contributed by atoms with Crippen LogP contribution in [0.25, 0.3) is 0 Å². The molecule has 0 N–H and O–H groups in total. The number of allylic oxidation sites excluding steroid dienone is 2. The summed E-state index contributed by atoms with van der Waals surface area (Å²) in [7, 11) is 0. The first-order chi connectivity index (χ1) is 7.06. The van der Waals surface area contributed by atoms with Crippen molar-refractivity contribution in [2.45, 2.75) is 58.7 Å². The van der Waals surface area contributed by atoms with Crippen LogP contribution in [0.15, 0.2) is 23.3 Å². The van der Waals surface area contributed by atoms with E-state index in [2.05, 4.69) is 39.8 Å². The molecule has 2 rings (SSSR count). The second-order valence-electron chi connectivity index (χ2n) is 5.28. The van der Waals surface area contributed by atoms with E-state index >= 15 is 0 Å². The van der Waals surface area contributed by atoms with Gasteiger partial charge in [0.1, 0.15) is 0 Å². The molecule has 0 amide bonds. The van der Waals surface area contributed by atoms with Crippen molar-refractivity contribution in [1.29, 1.82) is 0 Å². The lowest BCUT2D eigenvalue weighted by Gasteiger charge is -2.43. The number of rotatable bonds is 1. The van der Waals surface area contributed by atoms with Gasteiger partial charge in [-0.15, -0.1) is 0 Å². The molecule has 0 radical (unpaired) electrons. The summed E-state index contributed by atoms with van der Waals surface area (Å²) in [5, 5.41) is 0. The lowest BCUT2D eigenvalue weighted by molar-refractivity contribution is -0.108. The highest BCUT2D eigenvalue weighted by atomic mass is 16.5. The lowest BCUT2D eigenvalue weighted by Crippen LogP contribution is -2.42. The molecule has 1 aliphatic heterocycles. The maximum absolute atomic E-state index is 6.30. The third-order valence-corrected chi connectivity index (χ3v) is 4.20. The Labute approximate surface area is 93.2 Å². The highest BCUT2D eigenvalue weighted by Crippen LogP contribution is 2.40. The van der Waals surface area contributed by atoms with Crippen LogP contribution in [0, 0.1) is 5.92 Å². The topological polar surface area (TPSA) is 9.23 Å². The zero-order valence-corrected chi connectivity index (χ0v) is 10.3. The molecule has 84 valence electrons. The Morgan fingerprint density at radius 3 is 2.87 bits per heavy atom. The molecule has 2 aliphatic rings. The van der Waals surface area contributed by atoms with Crippen LogP contribution in [0.3, 0.4) is 0 Å². The van der Waals surface area contributed by atoms with Crippen molar-refractivity contribution in [1.82, 2.24) is 0 Å². The minimum absolute atomic E-state index is 0.105. The summed E-state index contributed by atoms with van der Waals surface area (Å²) in [6.07, 6.45) is 8.37. The molecule has 0 saturated carbocycles. The van der Waals surface area contributed by atoms with Crippen molar-refractivity contribution < 1.29 is 4.74 Å². The van der Waals surface area contributed by atoms with Crippen LogP contribution in [0.5, 0.6) is 0 Å². The van der Waals surface area contributed by atoms with Crippen LogP contribution in [0.4, 0.5) is 0 Å². The van der Waals surface area contributed by atoms with Gasteiger partial charge in [-0.25, -0.2) is 0 Å². The maximum atomic E-state index is 6.30. The van der Waals surface area contributed by atoms with E-state index < -0.39 is 0 Å². The van der Waals surface area contributed by atoms with E-state index in [-0.39, 0.29) is 5.60 Å². The molecule has 15 heavy (non-hydrogen) atoms. The van der Waals surface area contributed by atoms with Crippen LogP contribution >= 0.6 is 0 Å². The molecule has 0 spiro atoms. The average Bonchev–Trinajstić information content (AvgIpc) is 2.25. The van der Waals surface area contributed by atoms with E-state index in [1.54, 1.807) is 0 Å². The van der Waals surface area contributed by atoms with Crippen molar-refractivity contribution in [3.05, 3.63) is 23.3 Å². The third kappa shape index (κ3) is 1.90. The molecular weight excluding hydrogens is 184 g/mol. The number of hydrogen-bond acceptors (Lipinski definition) is 1. The first kappa shape index (κ1) is 10.9. The molecule has 1 aliphatic carbocycles. The van der Waals surface area contributed by atoms with E-state index in [4.69, 9.17) is 4.74 Å². The van der Waals surface area contributed by atoms with Gasteiger partial charge in [-0.1, -0.05) is 31.6 Å². The zero-order chi connectivity index (χ0) is 11.1. The van der Waals surface area contributed by atoms with Crippen molar-refractivity contribution in [2.75, 3.05) is 0 Å². The lowest BCUT2D eigenvalue weighted by atomic mass is 9.79. The molecule has 0 aromatic carbocycles. The molecular formula is C14H22O. The van der Waals surface area contributed by atoms with Crippen LogP contribution in [0.1, 0.15) is 47.0 Å². The molecule has 1 nitrogen and oxygen atoms in total. The molecule has 0 bridgehead atoms. The van der Waals surface area contributed by atoms with E-state index in [0.717, 1.165) is 6.42 Å². The second-order valence-corrected chi connectivity index (χ2v) is 5.28. The zero-order valence-electron chi connectivity index (χ0n) is 10.3. The molecule has 1 heterocycles. The van der Waals surface area contributed by atoms with Crippen LogP contribution < -0.4 is 0 Å².